The first-order valence-corrected chi connectivity index (χ1v) is 9.05. The summed E-state index contributed by atoms with van der Waals surface area (Å²) in [5, 5.41) is 5.20. The third-order valence-electron chi connectivity index (χ3n) is 4.55. The molecule has 1 aliphatic rings. The third kappa shape index (κ3) is 4.99. The predicted octanol–water partition coefficient (Wildman–Crippen LogP) is -0.0837. The smallest absolute Gasteiger partial charge is 0.269 e. The number of carbonyl (C=O) groups is 5. The van der Waals surface area contributed by atoms with Crippen LogP contribution in [0.1, 0.15) is 37.2 Å². The lowest BCUT2D eigenvalue weighted by Gasteiger charge is -2.23. The number of rotatable bonds is 8. The highest BCUT2D eigenvalue weighted by molar-refractivity contribution is 6.15. The molecule has 0 bridgehead atoms. The Morgan fingerprint density at radius 3 is 2.50 bits per heavy atom. The average Bonchev–Trinajstić information content (AvgIpc) is 2.93. The maximum absolute atomic E-state index is 12.7. The Labute approximate surface area is 162 Å². The van der Waals surface area contributed by atoms with Crippen molar-refractivity contribution in [3.05, 3.63) is 30.1 Å². The van der Waals surface area contributed by atoms with Crippen LogP contribution >= 0.6 is 0 Å². The van der Waals surface area contributed by atoms with Crippen molar-refractivity contribution in [2.75, 3.05) is 13.6 Å². The fourth-order valence-corrected chi connectivity index (χ4v) is 2.88. The maximum atomic E-state index is 12.7. The number of hydrogen-bond donors (Lipinski definition) is 2. The predicted molar refractivity (Wildman–Crippen MR) is 98.8 cm³/mol. The highest BCUT2D eigenvalue weighted by Crippen LogP contribution is 2.22. The number of amides is 4. The van der Waals surface area contributed by atoms with Crippen molar-refractivity contribution in [2.45, 2.75) is 32.7 Å². The summed E-state index contributed by atoms with van der Waals surface area (Å²) in [6.45, 7) is 3.57. The SMILES string of the molecule is CC(C)C(NC(=O)CCNC(=O)c1ccccn1)C(=O)C1CC(=O)N(C)C1=O. The molecule has 0 aliphatic carbocycles. The minimum Gasteiger partial charge on any atom is -0.350 e. The van der Waals surface area contributed by atoms with Gasteiger partial charge in [0.05, 0.1) is 6.04 Å². The number of aromatic nitrogens is 1. The van der Waals surface area contributed by atoms with Gasteiger partial charge in [0, 0.05) is 32.6 Å². The van der Waals surface area contributed by atoms with Gasteiger partial charge in [0.25, 0.3) is 5.91 Å². The molecule has 2 atom stereocenters. The van der Waals surface area contributed by atoms with Crippen LogP contribution in [0.3, 0.4) is 0 Å². The van der Waals surface area contributed by atoms with Gasteiger partial charge in [-0.1, -0.05) is 19.9 Å². The van der Waals surface area contributed by atoms with Crippen molar-refractivity contribution < 1.29 is 24.0 Å². The molecule has 0 saturated carbocycles. The second kappa shape index (κ2) is 9.20. The molecule has 1 fully saturated rings. The zero-order valence-electron chi connectivity index (χ0n) is 16.1. The average molecular weight is 388 g/mol. The van der Waals surface area contributed by atoms with Crippen LogP contribution in [0.15, 0.2) is 24.4 Å². The van der Waals surface area contributed by atoms with Crippen LogP contribution in [0.25, 0.3) is 0 Å². The number of nitrogens with zero attached hydrogens (tertiary/aromatic N) is 2. The Morgan fingerprint density at radius 1 is 1.25 bits per heavy atom. The monoisotopic (exact) mass is 388 g/mol. The largest absolute Gasteiger partial charge is 0.350 e. The first-order chi connectivity index (χ1) is 13.2. The van der Waals surface area contributed by atoms with Crippen molar-refractivity contribution in [1.82, 2.24) is 20.5 Å². The van der Waals surface area contributed by atoms with Gasteiger partial charge in [-0.3, -0.25) is 33.9 Å². The molecule has 0 radical (unpaired) electrons. The molecule has 0 spiro atoms. The molecule has 4 amide bonds. The third-order valence-corrected chi connectivity index (χ3v) is 4.55. The van der Waals surface area contributed by atoms with Crippen LogP contribution in [0.2, 0.25) is 0 Å². The van der Waals surface area contributed by atoms with Gasteiger partial charge in [0.15, 0.2) is 5.78 Å². The van der Waals surface area contributed by atoms with Crippen molar-refractivity contribution in [2.24, 2.45) is 11.8 Å². The first-order valence-electron chi connectivity index (χ1n) is 9.05. The Balaban J connectivity index is 1.88. The van der Waals surface area contributed by atoms with Gasteiger partial charge in [-0.05, 0) is 18.1 Å². The van der Waals surface area contributed by atoms with Crippen LogP contribution < -0.4 is 10.6 Å². The van der Waals surface area contributed by atoms with Crippen LogP contribution in [0.4, 0.5) is 0 Å². The van der Waals surface area contributed by atoms with E-state index < -0.39 is 41.4 Å². The molecule has 1 aliphatic heterocycles. The summed E-state index contributed by atoms with van der Waals surface area (Å²) in [5.74, 6) is -3.57. The fourth-order valence-electron chi connectivity index (χ4n) is 2.88. The van der Waals surface area contributed by atoms with Crippen LogP contribution in [-0.4, -0.2) is 58.9 Å². The number of hydrogen-bond acceptors (Lipinski definition) is 6. The molecule has 2 N–H and O–H groups in total. The van der Waals surface area contributed by atoms with Crippen molar-refractivity contribution in [1.29, 1.82) is 0 Å². The molecule has 1 saturated heterocycles. The molecule has 1 aromatic rings. The van der Waals surface area contributed by atoms with E-state index in [1.807, 2.05) is 0 Å². The summed E-state index contributed by atoms with van der Waals surface area (Å²) in [6, 6.07) is 4.04. The van der Waals surface area contributed by atoms with Gasteiger partial charge in [-0.25, -0.2) is 0 Å². The lowest BCUT2D eigenvalue weighted by molar-refractivity contribution is -0.140. The lowest BCUT2D eigenvalue weighted by atomic mass is 9.90. The maximum Gasteiger partial charge on any atom is 0.269 e. The number of pyridine rings is 1. The summed E-state index contributed by atoms with van der Waals surface area (Å²) in [7, 11) is 1.34. The summed E-state index contributed by atoms with van der Waals surface area (Å²) < 4.78 is 0. The quantitative estimate of drug-likeness (QED) is 0.474. The molecule has 0 aromatic carbocycles. The van der Waals surface area contributed by atoms with Crippen LogP contribution in [-0.2, 0) is 19.2 Å². The van der Waals surface area contributed by atoms with Gasteiger partial charge >= 0.3 is 0 Å². The number of carbonyl (C=O) groups excluding carboxylic acids is 5. The number of Topliss-reactive ketones (excluding diaryl/α,β-unsaturated/α-hetero) is 1. The number of nitrogens with one attached hydrogen (secondary N) is 2. The van der Waals surface area contributed by atoms with Gasteiger partial charge in [0.2, 0.25) is 17.7 Å². The minimum absolute atomic E-state index is 0.0352. The van der Waals surface area contributed by atoms with Crippen LogP contribution in [0.5, 0.6) is 0 Å². The Kier molecular flexibility index (Phi) is 6.97. The molecule has 2 unspecified atom stereocenters. The van der Waals surface area contributed by atoms with E-state index in [0.717, 1.165) is 4.90 Å². The summed E-state index contributed by atoms with van der Waals surface area (Å²) in [5.41, 5.74) is 0.242. The second-order valence-electron chi connectivity index (χ2n) is 6.96. The summed E-state index contributed by atoms with van der Waals surface area (Å²) in [4.78, 5) is 65.4. The van der Waals surface area contributed by atoms with E-state index in [1.54, 1.807) is 32.0 Å². The molecule has 1 aromatic heterocycles. The van der Waals surface area contributed by atoms with Gasteiger partial charge < -0.3 is 10.6 Å². The van der Waals surface area contributed by atoms with E-state index in [9.17, 15) is 24.0 Å². The number of imide groups is 1. The topological polar surface area (TPSA) is 126 Å². The molecule has 9 nitrogen and oxygen atoms in total. The summed E-state index contributed by atoms with van der Waals surface area (Å²) in [6.07, 6.45) is 1.28. The van der Waals surface area contributed by atoms with Crippen molar-refractivity contribution >= 4 is 29.4 Å². The second-order valence-corrected chi connectivity index (χ2v) is 6.96. The molecule has 2 rings (SSSR count). The Bertz CT molecular complexity index is 778. The van der Waals surface area contributed by atoms with E-state index >= 15 is 0 Å². The van der Waals surface area contributed by atoms with E-state index in [4.69, 9.17) is 0 Å². The van der Waals surface area contributed by atoms with Crippen LogP contribution in [0, 0.1) is 11.8 Å². The normalized spacial score (nSPS) is 17.6. The Hall–Kier alpha value is -3.10. The molecule has 28 heavy (non-hydrogen) atoms. The van der Waals surface area contributed by atoms with Crippen molar-refractivity contribution in [3.8, 4) is 0 Å². The molecule has 2 heterocycles. The highest BCUT2D eigenvalue weighted by Gasteiger charge is 2.44. The van der Waals surface area contributed by atoms with Gasteiger partial charge in [-0.2, -0.15) is 0 Å². The highest BCUT2D eigenvalue weighted by atomic mass is 16.2. The zero-order chi connectivity index (χ0) is 20.8. The zero-order valence-corrected chi connectivity index (χ0v) is 16.1. The molecular formula is C19H24N4O5. The standard InChI is InChI=1S/C19H24N4O5/c1-11(2)16(17(26)12-10-15(25)23(3)19(12)28)22-14(24)7-9-21-18(27)13-6-4-5-8-20-13/h4-6,8,11-12,16H,7,9-10H2,1-3H3,(H,21,27)(H,22,24). The van der Waals surface area contributed by atoms with Gasteiger partial charge in [0.1, 0.15) is 11.6 Å². The van der Waals surface area contributed by atoms with E-state index in [1.165, 1.54) is 13.2 Å². The Morgan fingerprint density at radius 2 is 1.96 bits per heavy atom. The fraction of sp³-hybridized carbons (Fsp3) is 0.474. The van der Waals surface area contributed by atoms with E-state index in [-0.39, 0.29) is 31.0 Å². The summed E-state index contributed by atoms with van der Waals surface area (Å²) >= 11 is 0. The molecular weight excluding hydrogens is 364 g/mol. The van der Waals surface area contributed by atoms with Gasteiger partial charge in [-0.15, -0.1) is 0 Å². The van der Waals surface area contributed by atoms with E-state index in [2.05, 4.69) is 15.6 Å². The van der Waals surface area contributed by atoms with Crippen molar-refractivity contribution in [3.63, 3.8) is 0 Å². The number of ketones is 1. The minimum atomic E-state index is -1.06. The molecule has 150 valence electrons. The lowest BCUT2D eigenvalue weighted by Crippen LogP contribution is -2.48. The number of likely N-dealkylation sites (tertiary alicyclic amines) is 1. The first kappa shape index (κ1) is 21.2. The molecule has 9 heteroatoms. The van der Waals surface area contributed by atoms with E-state index in [0.29, 0.717) is 0 Å².